The smallest absolute Gasteiger partial charge is 0.251 e. The van der Waals surface area contributed by atoms with Gasteiger partial charge in [-0.25, -0.2) is 0 Å². The van der Waals surface area contributed by atoms with Crippen molar-refractivity contribution in [1.82, 2.24) is 0 Å². The number of carbonyl (C=O) groups is 2. The van der Waals surface area contributed by atoms with Gasteiger partial charge in [0.2, 0.25) is 5.91 Å². The summed E-state index contributed by atoms with van der Waals surface area (Å²) in [5, 5.41) is 12.9. The van der Waals surface area contributed by atoms with Crippen LogP contribution in [0.3, 0.4) is 0 Å². The lowest BCUT2D eigenvalue weighted by atomic mass is 9.86. The van der Waals surface area contributed by atoms with Gasteiger partial charge in [-0.3, -0.25) is 9.59 Å². The third kappa shape index (κ3) is 3.80. The first kappa shape index (κ1) is 19.3. The van der Waals surface area contributed by atoms with Gasteiger partial charge in [-0.15, -0.1) is 11.3 Å². The second kappa shape index (κ2) is 6.62. The summed E-state index contributed by atoms with van der Waals surface area (Å²) in [6, 6.07) is 0. The molecule has 0 spiro atoms. The Bertz CT molecular complexity index is 734. The second-order valence-corrected chi connectivity index (χ2v) is 9.60. The zero-order valence-corrected chi connectivity index (χ0v) is 16.7. The molecule has 1 aromatic rings. The topological polar surface area (TPSA) is 102 Å². The highest BCUT2D eigenvalue weighted by Crippen LogP contribution is 2.48. The highest BCUT2D eigenvalue weighted by atomic mass is 32.1. The SMILES string of the molecule is CC1(C)Cc2c(sc(NC(=O)C(CO)CC3CC3)c2C(N)=O)C(C)(C)O1. The van der Waals surface area contributed by atoms with Gasteiger partial charge in [-0.05, 0) is 45.6 Å². The van der Waals surface area contributed by atoms with Gasteiger partial charge < -0.3 is 20.9 Å². The van der Waals surface area contributed by atoms with E-state index in [1.807, 2.05) is 27.7 Å². The normalized spacial score (nSPS) is 21.7. The molecule has 1 aliphatic heterocycles. The molecular formula is C19H28N2O4S. The van der Waals surface area contributed by atoms with Crippen molar-refractivity contribution in [2.45, 2.75) is 64.6 Å². The maximum absolute atomic E-state index is 12.6. The Hall–Kier alpha value is -1.44. The van der Waals surface area contributed by atoms with E-state index in [-0.39, 0.29) is 12.5 Å². The second-order valence-electron chi connectivity index (χ2n) is 8.57. The summed E-state index contributed by atoms with van der Waals surface area (Å²) in [6.45, 7) is 7.69. The maximum atomic E-state index is 12.6. The van der Waals surface area contributed by atoms with Crippen molar-refractivity contribution in [2.24, 2.45) is 17.6 Å². The average molecular weight is 381 g/mol. The Kier molecular flexibility index (Phi) is 4.92. The Labute approximate surface area is 158 Å². The molecule has 3 rings (SSSR count). The number of amides is 2. The number of aliphatic hydroxyl groups is 1. The fourth-order valence-corrected chi connectivity index (χ4v) is 5.17. The van der Waals surface area contributed by atoms with Crippen LogP contribution < -0.4 is 11.1 Å². The number of nitrogens with two attached hydrogens (primary N) is 1. The van der Waals surface area contributed by atoms with E-state index >= 15 is 0 Å². The van der Waals surface area contributed by atoms with Gasteiger partial charge in [0.25, 0.3) is 5.91 Å². The van der Waals surface area contributed by atoms with Crippen molar-refractivity contribution in [3.63, 3.8) is 0 Å². The molecule has 4 N–H and O–H groups in total. The highest BCUT2D eigenvalue weighted by molar-refractivity contribution is 7.17. The predicted octanol–water partition coefficient (Wildman–Crippen LogP) is 2.78. The summed E-state index contributed by atoms with van der Waals surface area (Å²) in [4.78, 5) is 25.7. The molecule has 2 amide bonds. The van der Waals surface area contributed by atoms with Crippen LogP contribution in [0.4, 0.5) is 5.00 Å². The summed E-state index contributed by atoms with van der Waals surface area (Å²) in [5.41, 5.74) is 5.91. The van der Waals surface area contributed by atoms with Gasteiger partial charge in [-0.1, -0.05) is 12.8 Å². The number of aliphatic hydroxyl groups excluding tert-OH is 1. The molecule has 1 unspecified atom stereocenters. The number of anilines is 1. The molecule has 0 bridgehead atoms. The molecule has 2 aliphatic rings. The lowest BCUT2D eigenvalue weighted by Crippen LogP contribution is -2.42. The van der Waals surface area contributed by atoms with E-state index in [2.05, 4.69) is 5.32 Å². The van der Waals surface area contributed by atoms with E-state index in [0.29, 0.717) is 29.3 Å². The van der Waals surface area contributed by atoms with Crippen LogP contribution in [0.15, 0.2) is 0 Å². The largest absolute Gasteiger partial charge is 0.396 e. The minimum absolute atomic E-state index is 0.193. The standard InChI is InChI=1S/C19H28N2O4S/c1-18(2)8-12-13(15(20)23)17(26-14(12)19(3,4)25-18)21-16(24)11(9-22)7-10-5-6-10/h10-11,22H,5-9H2,1-4H3,(H2,20,23)(H,21,24). The molecule has 26 heavy (non-hydrogen) atoms. The number of fused-ring (bicyclic) bond motifs is 1. The van der Waals surface area contributed by atoms with Crippen molar-refractivity contribution in [1.29, 1.82) is 0 Å². The zero-order chi connectivity index (χ0) is 19.3. The Morgan fingerprint density at radius 3 is 2.54 bits per heavy atom. The molecule has 1 atom stereocenters. The predicted molar refractivity (Wildman–Crippen MR) is 101 cm³/mol. The van der Waals surface area contributed by atoms with Gasteiger partial charge in [0, 0.05) is 11.3 Å². The van der Waals surface area contributed by atoms with Gasteiger partial charge in [0.1, 0.15) is 5.00 Å². The molecule has 144 valence electrons. The van der Waals surface area contributed by atoms with E-state index in [0.717, 1.165) is 23.3 Å². The van der Waals surface area contributed by atoms with Crippen LogP contribution in [0.2, 0.25) is 0 Å². The van der Waals surface area contributed by atoms with Crippen LogP contribution in [0.5, 0.6) is 0 Å². The summed E-state index contributed by atoms with van der Waals surface area (Å²) in [7, 11) is 0. The van der Waals surface area contributed by atoms with Gasteiger partial charge in [0.05, 0.1) is 29.3 Å². The molecule has 7 heteroatoms. The van der Waals surface area contributed by atoms with Crippen LogP contribution in [0, 0.1) is 11.8 Å². The number of carbonyl (C=O) groups excluding carboxylic acids is 2. The first-order chi connectivity index (χ1) is 12.0. The van der Waals surface area contributed by atoms with Gasteiger partial charge in [-0.2, -0.15) is 0 Å². The van der Waals surface area contributed by atoms with E-state index in [1.54, 1.807) is 0 Å². The van der Waals surface area contributed by atoms with Crippen molar-refractivity contribution < 1.29 is 19.4 Å². The van der Waals surface area contributed by atoms with Crippen LogP contribution in [-0.2, 0) is 21.6 Å². The van der Waals surface area contributed by atoms with Crippen molar-refractivity contribution in [3.05, 3.63) is 16.0 Å². The molecule has 6 nitrogen and oxygen atoms in total. The molecule has 0 aromatic carbocycles. The summed E-state index contributed by atoms with van der Waals surface area (Å²) < 4.78 is 6.18. The molecular weight excluding hydrogens is 352 g/mol. The van der Waals surface area contributed by atoms with Crippen molar-refractivity contribution >= 4 is 28.2 Å². The zero-order valence-electron chi connectivity index (χ0n) is 15.8. The maximum Gasteiger partial charge on any atom is 0.251 e. The minimum Gasteiger partial charge on any atom is -0.396 e. The molecule has 2 heterocycles. The Balaban J connectivity index is 1.94. The van der Waals surface area contributed by atoms with Crippen molar-refractivity contribution in [2.75, 3.05) is 11.9 Å². The molecule has 1 fully saturated rings. The Morgan fingerprint density at radius 2 is 2.00 bits per heavy atom. The number of hydrogen-bond donors (Lipinski definition) is 3. The lowest BCUT2D eigenvalue weighted by Gasteiger charge is -2.41. The van der Waals surface area contributed by atoms with Crippen LogP contribution >= 0.6 is 11.3 Å². The van der Waals surface area contributed by atoms with E-state index in [4.69, 9.17) is 10.5 Å². The van der Waals surface area contributed by atoms with Crippen LogP contribution in [0.25, 0.3) is 0 Å². The highest BCUT2D eigenvalue weighted by Gasteiger charge is 2.43. The number of primary amides is 1. The van der Waals surface area contributed by atoms with Gasteiger partial charge in [0.15, 0.2) is 0 Å². The monoisotopic (exact) mass is 380 g/mol. The first-order valence-electron chi connectivity index (χ1n) is 9.12. The first-order valence-corrected chi connectivity index (χ1v) is 9.93. The minimum atomic E-state index is -0.570. The molecule has 1 saturated carbocycles. The van der Waals surface area contributed by atoms with Crippen LogP contribution in [0.1, 0.15) is 67.8 Å². The molecule has 1 aliphatic carbocycles. The van der Waals surface area contributed by atoms with E-state index < -0.39 is 23.0 Å². The van der Waals surface area contributed by atoms with E-state index in [1.165, 1.54) is 11.3 Å². The molecule has 0 saturated heterocycles. The average Bonchev–Trinajstić information content (AvgIpc) is 3.23. The molecule has 0 radical (unpaired) electrons. The van der Waals surface area contributed by atoms with Crippen molar-refractivity contribution in [3.8, 4) is 0 Å². The van der Waals surface area contributed by atoms with Crippen LogP contribution in [-0.4, -0.2) is 29.1 Å². The fraction of sp³-hybridized carbons (Fsp3) is 0.684. The molecule has 1 aromatic heterocycles. The quantitative estimate of drug-likeness (QED) is 0.706. The van der Waals surface area contributed by atoms with E-state index in [9.17, 15) is 14.7 Å². The number of ether oxygens (including phenoxy) is 1. The lowest BCUT2D eigenvalue weighted by molar-refractivity contribution is -0.135. The third-order valence-electron chi connectivity index (χ3n) is 5.08. The summed E-state index contributed by atoms with van der Waals surface area (Å²) in [5.74, 6) is -0.728. The number of nitrogens with one attached hydrogen (secondary N) is 1. The Morgan fingerprint density at radius 1 is 1.35 bits per heavy atom. The number of thiophene rings is 1. The number of hydrogen-bond acceptors (Lipinski definition) is 5. The van der Waals surface area contributed by atoms with Gasteiger partial charge >= 0.3 is 0 Å². The summed E-state index contributed by atoms with van der Waals surface area (Å²) in [6.07, 6.45) is 3.47. The third-order valence-corrected chi connectivity index (χ3v) is 6.53. The summed E-state index contributed by atoms with van der Waals surface area (Å²) >= 11 is 1.35. The number of rotatable bonds is 6. The fourth-order valence-electron chi connectivity index (χ4n) is 3.90.